The zero-order valence-electron chi connectivity index (χ0n) is 10.7. The Morgan fingerprint density at radius 3 is 2.71 bits per heavy atom. The van der Waals surface area contributed by atoms with Crippen molar-refractivity contribution in [1.82, 2.24) is 0 Å². The van der Waals surface area contributed by atoms with E-state index >= 15 is 0 Å². The second kappa shape index (κ2) is 6.25. The number of nitrogens with one attached hydrogen (secondary N) is 1. The predicted molar refractivity (Wildman–Crippen MR) is 81.0 cm³/mol. The smallest absolute Gasteiger partial charge is 0.0621 e. The Kier molecular flexibility index (Phi) is 5.26. The predicted octanol–water partition coefficient (Wildman–Crippen LogP) is 4.34. The van der Waals surface area contributed by atoms with Gasteiger partial charge in [-0.15, -0.1) is 0 Å². The first-order valence-corrected chi connectivity index (χ1v) is 6.89. The molecule has 0 radical (unpaired) electrons. The molecule has 92 valence electrons. The number of hydrogen-bond acceptors (Lipinski definition) is 2. The highest BCUT2D eigenvalue weighted by atomic mass is 127. The van der Waals surface area contributed by atoms with Gasteiger partial charge >= 0.3 is 0 Å². The van der Waals surface area contributed by atoms with Gasteiger partial charge in [0.2, 0.25) is 0 Å². The molecule has 0 aliphatic carbocycles. The molecular weight excluding hydrogens is 323 g/mol. The molecular formula is C14H19IN2. The van der Waals surface area contributed by atoms with Gasteiger partial charge < -0.3 is 5.32 Å². The van der Waals surface area contributed by atoms with Crippen LogP contribution in [0.4, 0.5) is 5.69 Å². The SMILES string of the molecule is Cc1cc(I)ccc1NCC(C)(C)CCC#N. The molecule has 0 saturated heterocycles. The molecule has 0 saturated carbocycles. The van der Waals surface area contributed by atoms with E-state index in [2.05, 4.69) is 72.9 Å². The van der Waals surface area contributed by atoms with Crippen LogP contribution >= 0.6 is 22.6 Å². The summed E-state index contributed by atoms with van der Waals surface area (Å²) in [6.45, 7) is 7.40. The van der Waals surface area contributed by atoms with Crippen LogP contribution in [-0.2, 0) is 0 Å². The first-order chi connectivity index (χ1) is 7.94. The van der Waals surface area contributed by atoms with E-state index in [-0.39, 0.29) is 5.41 Å². The highest BCUT2D eigenvalue weighted by Crippen LogP contribution is 2.24. The summed E-state index contributed by atoms with van der Waals surface area (Å²) in [4.78, 5) is 0. The number of halogens is 1. The third-order valence-electron chi connectivity index (χ3n) is 2.86. The van der Waals surface area contributed by atoms with Crippen molar-refractivity contribution in [3.8, 4) is 6.07 Å². The average molecular weight is 342 g/mol. The summed E-state index contributed by atoms with van der Waals surface area (Å²) in [5.41, 5.74) is 2.62. The first kappa shape index (κ1) is 14.3. The minimum atomic E-state index is 0.158. The summed E-state index contributed by atoms with van der Waals surface area (Å²) in [6.07, 6.45) is 1.56. The maximum absolute atomic E-state index is 8.62. The fraction of sp³-hybridized carbons (Fsp3) is 0.500. The molecule has 0 heterocycles. The number of benzene rings is 1. The van der Waals surface area contributed by atoms with E-state index < -0.39 is 0 Å². The molecule has 0 atom stereocenters. The van der Waals surface area contributed by atoms with Gasteiger partial charge in [-0.05, 0) is 65.1 Å². The molecule has 0 aromatic heterocycles. The van der Waals surface area contributed by atoms with E-state index in [1.807, 2.05) is 0 Å². The lowest BCUT2D eigenvalue weighted by atomic mass is 9.88. The van der Waals surface area contributed by atoms with Gasteiger partial charge in [-0.25, -0.2) is 0 Å². The highest BCUT2D eigenvalue weighted by molar-refractivity contribution is 14.1. The van der Waals surface area contributed by atoms with Gasteiger partial charge in [0.1, 0.15) is 0 Å². The topological polar surface area (TPSA) is 35.8 Å². The van der Waals surface area contributed by atoms with E-state index in [1.54, 1.807) is 0 Å². The van der Waals surface area contributed by atoms with E-state index in [0.29, 0.717) is 6.42 Å². The van der Waals surface area contributed by atoms with E-state index in [9.17, 15) is 0 Å². The monoisotopic (exact) mass is 342 g/mol. The molecule has 17 heavy (non-hydrogen) atoms. The van der Waals surface area contributed by atoms with Gasteiger partial charge in [0.25, 0.3) is 0 Å². The summed E-state index contributed by atoms with van der Waals surface area (Å²) in [7, 11) is 0. The average Bonchev–Trinajstić information content (AvgIpc) is 2.25. The van der Waals surface area contributed by atoms with Crippen molar-refractivity contribution in [2.45, 2.75) is 33.6 Å². The van der Waals surface area contributed by atoms with E-state index in [4.69, 9.17) is 5.26 Å². The molecule has 1 aromatic carbocycles. The van der Waals surface area contributed by atoms with Crippen LogP contribution in [0, 0.1) is 27.2 Å². The van der Waals surface area contributed by atoms with Gasteiger partial charge in [0, 0.05) is 22.2 Å². The van der Waals surface area contributed by atoms with Crippen LogP contribution in [0.15, 0.2) is 18.2 Å². The summed E-state index contributed by atoms with van der Waals surface area (Å²) >= 11 is 2.32. The first-order valence-electron chi connectivity index (χ1n) is 5.81. The molecule has 1 N–H and O–H groups in total. The van der Waals surface area contributed by atoms with Crippen LogP contribution in [0.25, 0.3) is 0 Å². The minimum absolute atomic E-state index is 0.158. The second-order valence-electron chi connectivity index (χ2n) is 5.14. The molecule has 0 aliphatic rings. The number of rotatable bonds is 5. The van der Waals surface area contributed by atoms with Crippen molar-refractivity contribution < 1.29 is 0 Å². The van der Waals surface area contributed by atoms with E-state index in [1.165, 1.54) is 14.8 Å². The Bertz CT molecular complexity index is 419. The molecule has 1 rings (SSSR count). The molecule has 2 nitrogen and oxygen atoms in total. The minimum Gasteiger partial charge on any atom is -0.384 e. The van der Waals surface area contributed by atoms with Crippen LogP contribution in [0.1, 0.15) is 32.3 Å². The fourth-order valence-corrected chi connectivity index (χ4v) is 2.29. The molecule has 0 bridgehead atoms. The summed E-state index contributed by atoms with van der Waals surface area (Å²) in [5.74, 6) is 0. The van der Waals surface area contributed by atoms with Crippen LogP contribution in [-0.4, -0.2) is 6.54 Å². The maximum atomic E-state index is 8.62. The lowest BCUT2D eigenvalue weighted by Crippen LogP contribution is -2.23. The van der Waals surface area contributed by atoms with Crippen molar-refractivity contribution in [3.63, 3.8) is 0 Å². The molecule has 0 spiro atoms. The Labute approximate surface area is 118 Å². The Hall–Kier alpha value is -0.760. The van der Waals surface area contributed by atoms with Crippen LogP contribution in [0.3, 0.4) is 0 Å². The van der Waals surface area contributed by atoms with Crippen molar-refractivity contribution in [2.75, 3.05) is 11.9 Å². The fourth-order valence-electron chi connectivity index (χ4n) is 1.64. The number of aryl methyl sites for hydroxylation is 1. The van der Waals surface area contributed by atoms with Crippen LogP contribution in [0.5, 0.6) is 0 Å². The number of nitriles is 1. The Balaban J connectivity index is 2.58. The number of nitrogens with zero attached hydrogens (tertiary/aromatic N) is 1. The largest absolute Gasteiger partial charge is 0.384 e. The van der Waals surface area contributed by atoms with Gasteiger partial charge in [-0.2, -0.15) is 5.26 Å². The van der Waals surface area contributed by atoms with Gasteiger partial charge in [-0.3, -0.25) is 0 Å². The van der Waals surface area contributed by atoms with Gasteiger partial charge in [0.05, 0.1) is 6.07 Å². The third-order valence-corrected chi connectivity index (χ3v) is 3.53. The van der Waals surface area contributed by atoms with E-state index in [0.717, 1.165) is 13.0 Å². The zero-order chi connectivity index (χ0) is 12.9. The Morgan fingerprint density at radius 1 is 1.41 bits per heavy atom. The summed E-state index contributed by atoms with van der Waals surface area (Å²) in [5, 5.41) is 12.1. The van der Waals surface area contributed by atoms with Crippen molar-refractivity contribution >= 4 is 28.3 Å². The zero-order valence-corrected chi connectivity index (χ0v) is 12.8. The maximum Gasteiger partial charge on any atom is 0.0621 e. The van der Waals surface area contributed by atoms with Crippen molar-refractivity contribution in [3.05, 3.63) is 27.3 Å². The van der Waals surface area contributed by atoms with Crippen LogP contribution < -0.4 is 5.32 Å². The number of hydrogen-bond donors (Lipinski definition) is 1. The van der Waals surface area contributed by atoms with Gasteiger partial charge in [0.15, 0.2) is 0 Å². The third kappa shape index (κ3) is 4.95. The Morgan fingerprint density at radius 2 is 2.12 bits per heavy atom. The molecule has 1 aromatic rings. The molecule has 3 heteroatoms. The van der Waals surface area contributed by atoms with Gasteiger partial charge in [-0.1, -0.05) is 13.8 Å². The van der Waals surface area contributed by atoms with Crippen molar-refractivity contribution in [2.24, 2.45) is 5.41 Å². The second-order valence-corrected chi connectivity index (χ2v) is 6.38. The lowest BCUT2D eigenvalue weighted by molar-refractivity contribution is 0.364. The summed E-state index contributed by atoms with van der Waals surface area (Å²) < 4.78 is 1.26. The van der Waals surface area contributed by atoms with Crippen LogP contribution in [0.2, 0.25) is 0 Å². The molecule has 0 amide bonds. The molecule has 0 unspecified atom stereocenters. The quantitative estimate of drug-likeness (QED) is 0.808. The summed E-state index contributed by atoms with van der Waals surface area (Å²) in [6, 6.07) is 8.62. The molecule has 0 aliphatic heterocycles. The lowest BCUT2D eigenvalue weighted by Gasteiger charge is -2.25. The highest BCUT2D eigenvalue weighted by Gasteiger charge is 2.17. The normalized spacial score (nSPS) is 11.0. The molecule has 0 fully saturated rings. The standard InChI is InChI=1S/C14H19IN2/c1-11-9-12(15)5-6-13(11)17-10-14(2,3)7-4-8-16/h5-6,9,17H,4,7,10H2,1-3H3. The van der Waals surface area contributed by atoms with Crippen molar-refractivity contribution in [1.29, 1.82) is 5.26 Å². The number of anilines is 1.